The lowest BCUT2D eigenvalue weighted by Crippen LogP contribution is -2.37. The van der Waals surface area contributed by atoms with Crippen molar-refractivity contribution < 1.29 is 9.59 Å². The molecule has 21 heavy (non-hydrogen) atoms. The topological polar surface area (TPSA) is 37.4 Å². The highest BCUT2D eigenvalue weighted by atomic mass is 79.9. The molecule has 1 unspecified atom stereocenters. The van der Waals surface area contributed by atoms with Crippen LogP contribution in [0.25, 0.3) is 0 Å². The molecule has 104 valence electrons. The van der Waals surface area contributed by atoms with Crippen LogP contribution in [0.5, 0.6) is 0 Å². The Balaban J connectivity index is 1.69. The van der Waals surface area contributed by atoms with Crippen LogP contribution < -0.4 is 4.90 Å². The van der Waals surface area contributed by atoms with E-state index in [1.54, 1.807) is 17.0 Å². The molecule has 2 aromatic carbocycles. The largest absolute Gasteiger partial charge is 0.303 e. The number of carbonyl (C=O) groups is 2. The van der Waals surface area contributed by atoms with Crippen LogP contribution in [0.15, 0.2) is 46.9 Å². The molecule has 1 atom stereocenters. The van der Waals surface area contributed by atoms with Gasteiger partial charge in [-0.3, -0.25) is 9.59 Å². The summed E-state index contributed by atoms with van der Waals surface area (Å²) in [5, 5.41) is 0. The zero-order chi connectivity index (χ0) is 14.6. The summed E-state index contributed by atoms with van der Waals surface area (Å²) in [6.07, 6.45) is 0.966. The average Bonchev–Trinajstić information content (AvgIpc) is 2.71. The molecule has 2 aliphatic rings. The van der Waals surface area contributed by atoms with Gasteiger partial charge in [-0.05, 0) is 45.6 Å². The third-order valence-electron chi connectivity index (χ3n) is 4.30. The zero-order valence-electron chi connectivity index (χ0n) is 11.2. The number of hydrogen-bond donors (Lipinski definition) is 0. The third-order valence-corrected chi connectivity index (χ3v) is 4.94. The molecule has 4 rings (SSSR count). The summed E-state index contributed by atoms with van der Waals surface area (Å²) >= 11 is 3.46. The Morgan fingerprint density at radius 2 is 1.90 bits per heavy atom. The van der Waals surface area contributed by atoms with Crippen LogP contribution in [0.2, 0.25) is 0 Å². The van der Waals surface area contributed by atoms with Gasteiger partial charge >= 0.3 is 0 Å². The second kappa shape index (κ2) is 4.53. The van der Waals surface area contributed by atoms with Gasteiger partial charge in [-0.2, -0.15) is 0 Å². The maximum atomic E-state index is 12.3. The molecule has 4 heteroatoms. The summed E-state index contributed by atoms with van der Waals surface area (Å²) in [7, 11) is 0. The van der Waals surface area contributed by atoms with Crippen molar-refractivity contribution >= 4 is 33.3 Å². The Morgan fingerprint density at radius 3 is 2.71 bits per heavy atom. The Hall–Kier alpha value is -1.94. The molecule has 3 nitrogen and oxygen atoms in total. The van der Waals surface area contributed by atoms with Crippen molar-refractivity contribution in [3.05, 3.63) is 63.6 Å². The highest BCUT2D eigenvalue weighted by molar-refractivity contribution is 9.10. The van der Waals surface area contributed by atoms with E-state index in [0.717, 1.165) is 16.6 Å². The van der Waals surface area contributed by atoms with E-state index in [9.17, 15) is 9.59 Å². The summed E-state index contributed by atoms with van der Waals surface area (Å²) in [4.78, 5) is 26.0. The van der Waals surface area contributed by atoms with Crippen LogP contribution in [0, 0.1) is 0 Å². The number of anilines is 1. The van der Waals surface area contributed by atoms with Crippen molar-refractivity contribution in [3.63, 3.8) is 0 Å². The molecule has 0 spiro atoms. The molecule has 1 aliphatic heterocycles. The van der Waals surface area contributed by atoms with Gasteiger partial charge in [0.25, 0.3) is 11.7 Å². The van der Waals surface area contributed by atoms with E-state index in [1.807, 2.05) is 18.2 Å². The molecule has 1 heterocycles. The summed E-state index contributed by atoms with van der Waals surface area (Å²) in [5.41, 5.74) is 3.85. The molecular weight excluding hydrogens is 330 g/mol. The summed E-state index contributed by atoms with van der Waals surface area (Å²) < 4.78 is 0.798. The van der Waals surface area contributed by atoms with Crippen LogP contribution in [0.3, 0.4) is 0 Å². The molecule has 0 radical (unpaired) electrons. The minimum absolute atomic E-state index is 0.316. The summed E-state index contributed by atoms with van der Waals surface area (Å²) in [6.45, 7) is 0.567. The Morgan fingerprint density at radius 1 is 1.10 bits per heavy atom. The van der Waals surface area contributed by atoms with E-state index < -0.39 is 11.7 Å². The van der Waals surface area contributed by atoms with Crippen LogP contribution in [-0.2, 0) is 11.2 Å². The fourth-order valence-electron chi connectivity index (χ4n) is 3.23. The second-order valence-corrected chi connectivity index (χ2v) is 6.34. The van der Waals surface area contributed by atoms with Crippen LogP contribution in [-0.4, -0.2) is 18.2 Å². The molecule has 0 saturated heterocycles. The fraction of sp³-hybridized carbons (Fsp3) is 0.176. The smallest absolute Gasteiger partial charge is 0.299 e. The van der Waals surface area contributed by atoms with Gasteiger partial charge in [-0.25, -0.2) is 0 Å². The van der Waals surface area contributed by atoms with E-state index in [4.69, 9.17) is 0 Å². The van der Waals surface area contributed by atoms with Crippen LogP contribution >= 0.6 is 15.9 Å². The minimum Gasteiger partial charge on any atom is -0.303 e. The van der Waals surface area contributed by atoms with Gasteiger partial charge in [0, 0.05) is 16.9 Å². The molecule has 1 amide bonds. The van der Waals surface area contributed by atoms with Gasteiger partial charge in [-0.1, -0.05) is 30.3 Å². The molecule has 0 saturated carbocycles. The predicted octanol–water partition coefficient (Wildman–Crippen LogP) is 3.32. The molecule has 0 fully saturated rings. The number of Topliss-reactive ketones (excluding diaryl/α,β-unsaturated/α-hetero) is 1. The van der Waals surface area contributed by atoms with Crippen molar-refractivity contribution in [2.45, 2.75) is 12.3 Å². The highest BCUT2D eigenvalue weighted by Crippen LogP contribution is 2.41. The van der Waals surface area contributed by atoms with Gasteiger partial charge < -0.3 is 4.90 Å². The number of nitrogens with zero attached hydrogens (tertiary/aromatic N) is 1. The van der Waals surface area contributed by atoms with Crippen molar-refractivity contribution in [3.8, 4) is 0 Å². The lowest BCUT2D eigenvalue weighted by molar-refractivity contribution is -0.114. The van der Waals surface area contributed by atoms with Crippen LogP contribution in [0.1, 0.15) is 27.4 Å². The number of fused-ring (bicyclic) bond motifs is 2. The van der Waals surface area contributed by atoms with Gasteiger partial charge in [0.15, 0.2) is 0 Å². The van der Waals surface area contributed by atoms with Crippen LogP contribution in [0.4, 0.5) is 5.69 Å². The third kappa shape index (κ3) is 1.79. The number of hydrogen-bond acceptors (Lipinski definition) is 2. The second-order valence-electron chi connectivity index (χ2n) is 5.48. The molecule has 0 bridgehead atoms. The Labute approximate surface area is 130 Å². The molecular formula is C17H12BrNO2. The number of amides is 1. The number of carbonyl (C=O) groups excluding carboxylic acids is 2. The maximum absolute atomic E-state index is 12.3. The zero-order valence-corrected chi connectivity index (χ0v) is 12.8. The maximum Gasteiger partial charge on any atom is 0.299 e. The molecule has 0 aromatic heterocycles. The monoisotopic (exact) mass is 341 g/mol. The summed E-state index contributed by atoms with van der Waals surface area (Å²) in [6, 6.07) is 13.6. The lowest BCUT2D eigenvalue weighted by atomic mass is 9.77. The van der Waals surface area contributed by atoms with Gasteiger partial charge in [0.1, 0.15) is 0 Å². The van der Waals surface area contributed by atoms with Gasteiger partial charge in [0.2, 0.25) is 0 Å². The average molecular weight is 342 g/mol. The molecule has 0 N–H and O–H groups in total. The lowest BCUT2D eigenvalue weighted by Gasteiger charge is -2.33. The highest BCUT2D eigenvalue weighted by Gasteiger charge is 2.40. The van der Waals surface area contributed by atoms with Crippen molar-refractivity contribution in [2.75, 3.05) is 11.4 Å². The summed E-state index contributed by atoms with van der Waals surface area (Å²) in [5.74, 6) is -0.504. The Kier molecular flexibility index (Phi) is 2.76. The predicted molar refractivity (Wildman–Crippen MR) is 83.7 cm³/mol. The first-order valence-corrected chi connectivity index (χ1v) is 7.68. The number of benzene rings is 2. The quantitative estimate of drug-likeness (QED) is 0.786. The van der Waals surface area contributed by atoms with Gasteiger partial charge in [0.05, 0.1) is 11.3 Å². The first-order valence-electron chi connectivity index (χ1n) is 6.89. The standard InChI is InChI=1S/C17H12BrNO2/c18-14-7-3-6-13-15(14)19(17(21)16(13)20)9-11-8-10-4-1-2-5-12(10)11/h1-7,11H,8-9H2. The minimum atomic E-state index is -0.415. The van der Waals surface area contributed by atoms with Crippen molar-refractivity contribution in [1.29, 1.82) is 0 Å². The fourth-order valence-corrected chi connectivity index (χ4v) is 3.81. The number of ketones is 1. The SMILES string of the molecule is O=C1C(=O)N(CC2Cc3ccccc32)c2c(Br)cccc21. The molecule has 1 aliphatic carbocycles. The van der Waals surface area contributed by atoms with Crippen molar-refractivity contribution in [1.82, 2.24) is 0 Å². The molecule has 2 aromatic rings. The van der Waals surface area contributed by atoms with E-state index >= 15 is 0 Å². The van der Waals surface area contributed by atoms with E-state index in [1.165, 1.54) is 11.1 Å². The first-order chi connectivity index (χ1) is 10.2. The number of halogens is 1. The van der Waals surface area contributed by atoms with E-state index in [0.29, 0.717) is 18.0 Å². The van der Waals surface area contributed by atoms with Crippen molar-refractivity contribution in [2.24, 2.45) is 0 Å². The number of rotatable bonds is 2. The normalized spacial score (nSPS) is 19.3. The first kappa shape index (κ1) is 12.8. The van der Waals surface area contributed by atoms with E-state index in [2.05, 4.69) is 28.1 Å². The Bertz CT molecular complexity index is 784. The van der Waals surface area contributed by atoms with Gasteiger partial charge in [-0.15, -0.1) is 0 Å². The number of para-hydroxylation sites is 1. The van der Waals surface area contributed by atoms with E-state index in [-0.39, 0.29) is 0 Å².